The average molecular weight is 328 g/mol. The maximum absolute atomic E-state index is 9.30. The third-order valence-corrected chi connectivity index (χ3v) is 4.11. The van der Waals surface area contributed by atoms with Crippen molar-refractivity contribution >= 4 is 27.4 Å². The zero-order valence-electron chi connectivity index (χ0n) is 11.2. The number of anilines is 2. The van der Waals surface area contributed by atoms with Crippen LogP contribution in [0.2, 0.25) is 0 Å². The van der Waals surface area contributed by atoms with Gasteiger partial charge in [-0.15, -0.1) is 0 Å². The summed E-state index contributed by atoms with van der Waals surface area (Å²) in [5.74, 6) is 0.665. The quantitative estimate of drug-likeness (QED) is 0.896. The van der Waals surface area contributed by atoms with E-state index in [1.807, 2.05) is 31.2 Å². The van der Waals surface area contributed by atoms with E-state index in [0.717, 1.165) is 40.7 Å². The van der Waals surface area contributed by atoms with Gasteiger partial charge in [-0.1, -0.05) is 15.9 Å². The molecule has 1 aliphatic rings. The highest BCUT2D eigenvalue weighted by Gasteiger charge is 2.16. The lowest BCUT2D eigenvalue weighted by Gasteiger charge is -2.12. The summed E-state index contributed by atoms with van der Waals surface area (Å²) in [5.41, 5.74) is 5.06. The number of aromatic nitrogens is 1. The molecule has 1 N–H and O–H groups in total. The van der Waals surface area contributed by atoms with Crippen molar-refractivity contribution in [2.24, 2.45) is 0 Å². The van der Waals surface area contributed by atoms with Crippen LogP contribution in [0.5, 0.6) is 0 Å². The molecule has 0 spiro atoms. The van der Waals surface area contributed by atoms with Gasteiger partial charge in [-0.2, -0.15) is 5.26 Å². The van der Waals surface area contributed by atoms with Gasteiger partial charge in [-0.3, -0.25) is 0 Å². The van der Waals surface area contributed by atoms with Crippen LogP contribution in [0.25, 0.3) is 0 Å². The molecular weight excluding hydrogens is 314 g/mol. The highest BCUT2D eigenvalue weighted by Crippen LogP contribution is 2.28. The van der Waals surface area contributed by atoms with Gasteiger partial charge in [0.25, 0.3) is 0 Å². The van der Waals surface area contributed by atoms with Crippen molar-refractivity contribution in [2.75, 3.05) is 5.32 Å². The van der Waals surface area contributed by atoms with Crippen molar-refractivity contribution in [2.45, 2.75) is 26.2 Å². The van der Waals surface area contributed by atoms with Gasteiger partial charge < -0.3 is 5.32 Å². The molecule has 1 aromatic carbocycles. The number of rotatable bonds is 2. The highest BCUT2D eigenvalue weighted by atomic mass is 79.9. The van der Waals surface area contributed by atoms with E-state index in [9.17, 15) is 5.26 Å². The number of nitrogens with zero attached hydrogens (tertiary/aromatic N) is 2. The summed E-state index contributed by atoms with van der Waals surface area (Å²) in [6, 6.07) is 10.2. The molecule has 1 heterocycles. The number of nitriles is 1. The molecule has 4 heteroatoms. The van der Waals surface area contributed by atoms with Gasteiger partial charge in [0.2, 0.25) is 0 Å². The van der Waals surface area contributed by atoms with Crippen molar-refractivity contribution in [3.63, 3.8) is 0 Å². The summed E-state index contributed by atoms with van der Waals surface area (Å²) in [6.07, 6.45) is 3.18. The standard InChI is InChI=1S/C16H14BrN3/c1-10-7-13(17)5-6-14(10)19-16-12(9-18)8-11-3-2-4-15(11)20-16/h5-8H,2-4H2,1H3,(H,19,20). The smallest absolute Gasteiger partial charge is 0.148 e. The molecule has 0 atom stereocenters. The van der Waals surface area contributed by atoms with Crippen molar-refractivity contribution in [3.05, 3.63) is 51.1 Å². The van der Waals surface area contributed by atoms with Gasteiger partial charge in [0.1, 0.15) is 11.9 Å². The van der Waals surface area contributed by atoms with Gasteiger partial charge in [0.15, 0.2) is 0 Å². The summed E-state index contributed by atoms with van der Waals surface area (Å²) in [7, 11) is 0. The minimum Gasteiger partial charge on any atom is -0.339 e. The predicted molar refractivity (Wildman–Crippen MR) is 83.1 cm³/mol. The number of fused-ring (bicyclic) bond motifs is 1. The van der Waals surface area contributed by atoms with Crippen LogP contribution in [0.1, 0.15) is 28.8 Å². The lowest BCUT2D eigenvalue weighted by molar-refractivity contribution is 0.900. The lowest BCUT2D eigenvalue weighted by atomic mass is 10.1. The van der Waals surface area contributed by atoms with Gasteiger partial charge in [0, 0.05) is 15.9 Å². The highest BCUT2D eigenvalue weighted by molar-refractivity contribution is 9.10. The van der Waals surface area contributed by atoms with Gasteiger partial charge in [-0.05, 0) is 61.6 Å². The van der Waals surface area contributed by atoms with Crippen LogP contribution in [0, 0.1) is 18.3 Å². The molecule has 100 valence electrons. The largest absolute Gasteiger partial charge is 0.339 e. The Bertz CT molecular complexity index is 716. The Morgan fingerprint density at radius 2 is 2.15 bits per heavy atom. The average Bonchev–Trinajstić information content (AvgIpc) is 2.88. The first-order valence-electron chi connectivity index (χ1n) is 6.63. The van der Waals surface area contributed by atoms with Crippen molar-refractivity contribution in [3.8, 4) is 6.07 Å². The Morgan fingerprint density at radius 3 is 2.90 bits per heavy atom. The molecular formula is C16H14BrN3. The van der Waals surface area contributed by atoms with E-state index >= 15 is 0 Å². The predicted octanol–water partition coefficient (Wildman–Crippen LogP) is 4.26. The van der Waals surface area contributed by atoms with Crippen LogP contribution in [0.3, 0.4) is 0 Å². The second kappa shape index (κ2) is 5.26. The molecule has 2 aromatic rings. The monoisotopic (exact) mass is 327 g/mol. The van der Waals surface area contributed by atoms with Crippen molar-refractivity contribution in [1.82, 2.24) is 4.98 Å². The lowest BCUT2D eigenvalue weighted by Crippen LogP contribution is -2.02. The third kappa shape index (κ3) is 2.41. The van der Waals surface area contributed by atoms with Crippen LogP contribution in [0.15, 0.2) is 28.7 Å². The van der Waals surface area contributed by atoms with E-state index in [1.165, 1.54) is 5.56 Å². The molecule has 20 heavy (non-hydrogen) atoms. The maximum atomic E-state index is 9.30. The van der Waals surface area contributed by atoms with E-state index in [1.54, 1.807) is 0 Å². The summed E-state index contributed by atoms with van der Waals surface area (Å²) in [6.45, 7) is 2.03. The van der Waals surface area contributed by atoms with Crippen molar-refractivity contribution < 1.29 is 0 Å². The van der Waals surface area contributed by atoms with Crippen molar-refractivity contribution in [1.29, 1.82) is 5.26 Å². The van der Waals surface area contributed by atoms with Gasteiger partial charge in [0.05, 0.1) is 5.56 Å². The van der Waals surface area contributed by atoms with E-state index in [0.29, 0.717) is 11.4 Å². The number of aryl methyl sites for hydroxylation is 3. The molecule has 0 radical (unpaired) electrons. The zero-order valence-corrected chi connectivity index (χ0v) is 12.8. The Labute approximate surface area is 126 Å². The van der Waals surface area contributed by atoms with Gasteiger partial charge >= 0.3 is 0 Å². The Morgan fingerprint density at radius 1 is 1.30 bits per heavy atom. The van der Waals surface area contributed by atoms with Gasteiger partial charge in [-0.25, -0.2) is 4.98 Å². The summed E-state index contributed by atoms with van der Waals surface area (Å²) >= 11 is 3.45. The normalized spacial score (nSPS) is 12.8. The fourth-order valence-electron chi connectivity index (χ4n) is 2.55. The van der Waals surface area contributed by atoms with Crippen LogP contribution in [0.4, 0.5) is 11.5 Å². The number of hydrogen-bond acceptors (Lipinski definition) is 3. The molecule has 0 aliphatic heterocycles. The topological polar surface area (TPSA) is 48.7 Å². The fraction of sp³-hybridized carbons (Fsp3) is 0.250. The molecule has 0 amide bonds. The first-order valence-corrected chi connectivity index (χ1v) is 7.43. The number of pyridine rings is 1. The fourth-order valence-corrected chi connectivity index (χ4v) is 3.02. The van der Waals surface area contributed by atoms with Crippen LogP contribution >= 0.6 is 15.9 Å². The molecule has 3 rings (SSSR count). The van der Waals surface area contributed by atoms with E-state index in [2.05, 4.69) is 32.3 Å². The van der Waals surface area contributed by atoms with Crippen LogP contribution in [-0.2, 0) is 12.8 Å². The molecule has 1 aromatic heterocycles. The minimum absolute atomic E-state index is 0.618. The van der Waals surface area contributed by atoms with Crippen LogP contribution < -0.4 is 5.32 Å². The van der Waals surface area contributed by atoms with E-state index in [4.69, 9.17) is 0 Å². The molecule has 0 saturated heterocycles. The zero-order chi connectivity index (χ0) is 14.1. The third-order valence-electron chi connectivity index (χ3n) is 3.61. The molecule has 3 nitrogen and oxygen atoms in total. The first kappa shape index (κ1) is 13.1. The Balaban J connectivity index is 2.00. The Hall–Kier alpha value is -1.86. The Kier molecular flexibility index (Phi) is 3.45. The molecule has 1 aliphatic carbocycles. The SMILES string of the molecule is Cc1cc(Br)ccc1Nc1nc2c(cc1C#N)CCC2. The van der Waals surface area contributed by atoms with E-state index in [-0.39, 0.29) is 0 Å². The molecule has 0 unspecified atom stereocenters. The molecule has 0 saturated carbocycles. The summed E-state index contributed by atoms with van der Waals surface area (Å²) in [5, 5.41) is 12.6. The second-order valence-electron chi connectivity index (χ2n) is 5.04. The number of halogens is 1. The maximum Gasteiger partial charge on any atom is 0.148 e. The number of nitrogens with one attached hydrogen (secondary N) is 1. The van der Waals surface area contributed by atoms with E-state index < -0.39 is 0 Å². The molecule has 0 bridgehead atoms. The summed E-state index contributed by atoms with van der Waals surface area (Å²) in [4.78, 5) is 4.64. The number of benzene rings is 1. The molecule has 0 fully saturated rings. The minimum atomic E-state index is 0.618. The second-order valence-corrected chi connectivity index (χ2v) is 5.96. The summed E-state index contributed by atoms with van der Waals surface area (Å²) < 4.78 is 1.04. The van der Waals surface area contributed by atoms with Crippen LogP contribution in [-0.4, -0.2) is 4.98 Å². The number of hydrogen-bond donors (Lipinski definition) is 1. The first-order chi connectivity index (χ1) is 9.67.